The summed E-state index contributed by atoms with van der Waals surface area (Å²) in [5.74, 6) is -0.277. The predicted molar refractivity (Wildman–Crippen MR) is 132 cm³/mol. The van der Waals surface area contributed by atoms with Gasteiger partial charge in [0.1, 0.15) is 12.3 Å². The van der Waals surface area contributed by atoms with Gasteiger partial charge < -0.3 is 10.1 Å². The Morgan fingerprint density at radius 1 is 1.03 bits per heavy atom. The highest BCUT2D eigenvalue weighted by Crippen LogP contribution is 2.33. The summed E-state index contributed by atoms with van der Waals surface area (Å²) in [5, 5.41) is 6.12. The topological polar surface area (TPSA) is 101 Å². The number of amides is 3. The Morgan fingerprint density at radius 2 is 1.79 bits per heavy atom. The summed E-state index contributed by atoms with van der Waals surface area (Å²) in [4.78, 5) is 43.7. The Morgan fingerprint density at radius 3 is 2.62 bits per heavy atom. The summed E-state index contributed by atoms with van der Waals surface area (Å²) >= 11 is 1.31. The number of benzene rings is 3. The number of fused-ring (bicyclic) bond motifs is 2. The van der Waals surface area contributed by atoms with E-state index in [0.717, 1.165) is 4.70 Å². The molecule has 2 N–H and O–H groups in total. The van der Waals surface area contributed by atoms with Crippen LogP contribution in [-0.4, -0.2) is 35.4 Å². The molecule has 0 aliphatic carbocycles. The fourth-order valence-corrected chi connectivity index (χ4v) is 4.58. The molecule has 0 saturated carbocycles. The second-order valence-electron chi connectivity index (χ2n) is 7.72. The van der Waals surface area contributed by atoms with Crippen molar-refractivity contribution in [2.75, 3.05) is 22.1 Å². The summed E-state index contributed by atoms with van der Waals surface area (Å²) in [6, 6.07) is 21.3. The molecule has 1 aromatic heterocycles. The lowest BCUT2D eigenvalue weighted by atomic mass is 10.2. The van der Waals surface area contributed by atoms with Gasteiger partial charge in [-0.3, -0.25) is 24.6 Å². The van der Waals surface area contributed by atoms with Gasteiger partial charge in [-0.1, -0.05) is 41.7 Å². The van der Waals surface area contributed by atoms with Gasteiger partial charge in [-0.05, 0) is 49.4 Å². The molecule has 170 valence electrons. The average Bonchev–Trinajstić information content (AvgIpc) is 3.24. The summed E-state index contributed by atoms with van der Waals surface area (Å²) in [6.45, 7) is 1.53. The summed E-state index contributed by atoms with van der Waals surface area (Å²) in [7, 11) is 0. The maximum Gasteiger partial charge on any atom is 0.268 e. The molecule has 34 heavy (non-hydrogen) atoms. The van der Waals surface area contributed by atoms with Crippen molar-refractivity contribution >= 4 is 55.8 Å². The molecule has 0 spiro atoms. The van der Waals surface area contributed by atoms with Crippen LogP contribution in [0.2, 0.25) is 0 Å². The van der Waals surface area contributed by atoms with E-state index in [4.69, 9.17) is 4.74 Å². The van der Waals surface area contributed by atoms with Crippen molar-refractivity contribution in [2.24, 2.45) is 0 Å². The molecule has 0 radical (unpaired) electrons. The summed E-state index contributed by atoms with van der Waals surface area (Å²) in [6.07, 6.45) is -0.666. The molecule has 9 heteroatoms. The van der Waals surface area contributed by atoms with Crippen LogP contribution in [0.3, 0.4) is 0 Å². The third kappa shape index (κ3) is 4.33. The van der Waals surface area contributed by atoms with Crippen LogP contribution in [0.1, 0.15) is 17.3 Å². The molecule has 8 nitrogen and oxygen atoms in total. The highest BCUT2D eigenvalue weighted by atomic mass is 32.1. The minimum atomic E-state index is -0.666. The van der Waals surface area contributed by atoms with Gasteiger partial charge in [-0.15, -0.1) is 0 Å². The molecule has 1 aliphatic rings. The lowest BCUT2D eigenvalue weighted by Crippen LogP contribution is -2.47. The van der Waals surface area contributed by atoms with Gasteiger partial charge in [0.15, 0.2) is 11.2 Å². The van der Waals surface area contributed by atoms with E-state index in [9.17, 15) is 14.4 Å². The number of carbonyl (C=O) groups is 3. The molecule has 5 rings (SSSR count). The van der Waals surface area contributed by atoms with E-state index in [1.165, 1.54) is 16.2 Å². The minimum absolute atomic E-state index is 0.136. The van der Waals surface area contributed by atoms with Crippen LogP contribution < -0.4 is 20.3 Å². The summed E-state index contributed by atoms with van der Waals surface area (Å²) in [5.41, 5.74) is 2.39. The van der Waals surface area contributed by atoms with Gasteiger partial charge in [-0.2, -0.15) is 0 Å². The number of ether oxygens (including phenoxy) is 1. The molecular weight excluding hydrogens is 452 g/mol. The molecule has 2 heterocycles. The van der Waals surface area contributed by atoms with Crippen molar-refractivity contribution < 1.29 is 19.1 Å². The van der Waals surface area contributed by atoms with Gasteiger partial charge in [0.25, 0.3) is 11.8 Å². The van der Waals surface area contributed by atoms with Gasteiger partial charge >= 0.3 is 0 Å². The van der Waals surface area contributed by atoms with E-state index in [1.54, 1.807) is 67.6 Å². The molecule has 0 saturated heterocycles. The van der Waals surface area contributed by atoms with Gasteiger partial charge in [0.05, 0.1) is 15.9 Å². The van der Waals surface area contributed by atoms with E-state index in [2.05, 4.69) is 15.6 Å². The Bertz CT molecular complexity index is 1400. The molecule has 3 aromatic carbocycles. The quantitative estimate of drug-likeness (QED) is 0.451. The van der Waals surface area contributed by atoms with Crippen LogP contribution in [0, 0.1) is 0 Å². The first-order valence-electron chi connectivity index (χ1n) is 10.6. The van der Waals surface area contributed by atoms with Crippen molar-refractivity contribution in [1.82, 2.24) is 4.98 Å². The third-order valence-electron chi connectivity index (χ3n) is 5.30. The molecular formula is C25H20N4O4S. The maximum absolute atomic E-state index is 12.8. The smallest absolute Gasteiger partial charge is 0.268 e. The lowest BCUT2D eigenvalue weighted by Gasteiger charge is -2.32. The first-order valence-corrected chi connectivity index (χ1v) is 11.4. The number of para-hydroxylation sites is 2. The zero-order valence-corrected chi connectivity index (χ0v) is 19.0. The molecule has 1 atom stereocenters. The Balaban J connectivity index is 1.29. The maximum atomic E-state index is 12.8. The van der Waals surface area contributed by atoms with Gasteiger partial charge in [0, 0.05) is 11.3 Å². The van der Waals surface area contributed by atoms with Crippen molar-refractivity contribution in [3.8, 4) is 5.75 Å². The number of aromatic nitrogens is 1. The number of hydrogen-bond donors (Lipinski definition) is 2. The van der Waals surface area contributed by atoms with Crippen molar-refractivity contribution in [3.63, 3.8) is 0 Å². The lowest BCUT2D eigenvalue weighted by molar-refractivity contribution is -0.127. The normalized spacial score (nSPS) is 14.9. The van der Waals surface area contributed by atoms with Gasteiger partial charge in [0.2, 0.25) is 5.91 Å². The van der Waals surface area contributed by atoms with Gasteiger partial charge in [-0.25, -0.2) is 4.98 Å². The molecule has 3 amide bonds. The number of nitrogens with one attached hydrogen (secondary N) is 2. The van der Waals surface area contributed by atoms with E-state index < -0.39 is 6.10 Å². The van der Waals surface area contributed by atoms with Crippen molar-refractivity contribution in [1.29, 1.82) is 0 Å². The van der Waals surface area contributed by atoms with Crippen LogP contribution in [0.25, 0.3) is 10.2 Å². The molecule has 1 unspecified atom stereocenters. The molecule has 4 aromatic rings. The third-order valence-corrected chi connectivity index (χ3v) is 6.24. The van der Waals surface area contributed by atoms with Crippen LogP contribution in [-0.2, 0) is 9.59 Å². The zero-order chi connectivity index (χ0) is 23.7. The highest BCUT2D eigenvalue weighted by molar-refractivity contribution is 7.22. The second kappa shape index (κ2) is 8.95. The fraction of sp³-hybridized carbons (Fsp3) is 0.120. The second-order valence-corrected chi connectivity index (χ2v) is 8.75. The first-order chi connectivity index (χ1) is 16.5. The number of carbonyl (C=O) groups excluding carboxylic acids is 3. The van der Waals surface area contributed by atoms with E-state index in [-0.39, 0.29) is 24.3 Å². The van der Waals surface area contributed by atoms with Crippen LogP contribution in [0.4, 0.5) is 16.5 Å². The largest absolute Gasteiger partial charge is 0.479 e. The number of hydrogen-bond acceptors (Lipinski definition) is 6. The molecule has 0 bridgehead atoms. The van der Waals surface area contributed by atoms with E-state index >= 15 is 0 Å². The monoisotopic (exact) mass is 472 g/mol. The molecule has 1 aliphatic heterocycles. The first kappa shape index (κ1) is 21.6. The molecule has 0 fully saturated rings. The van der Waals surface area contributed by atoms with Crippen LogP contribution in [0.15, 0.2) is 72.8 Å². The summed E-state index contributed by atoms with van der Waals surface area (Å²) < 4.78 is 6.43. The van der Waals surface area contributed by atoms with E-state index in [0.29, 0.717) is 33.3 Å². The van der Waals surface area contributed by atoms with Crippen molar-refractivity contribution in [3.05, 3.63) is 78.4 Å². The Hall–Kier alpha value is -4.24. The van der Waals surface area contributed by atoms with Crippen LogP contribution >= 0.6 is 11.3 Å². The minimum Gasteiger partial charge on any atom is -0.479 e. The van der Waals surface area contributed by atoms with E-state index in [1.807, 2.05) is 12.1 Å². The number of anilines is 3. The average molecular weight is 473 g/mol. The van der Waals surface area contributed by atoms with Crippen molar-refractivity contribution in [2.45, 2.75) is 13.0 Å². The Labute approximate surface area is 199 Å². The Kier molecular flexibility index (Phi) is 5.69. The predicted octanol–water partition coefficient (Wildman–Crippen LogP) is 4.30. The number of nitrogens with zero attached hydrogens (tertiary/aromatic N) is 2. The SMILES string of the molecule is CC1Oc2ccccc2N(CC(=O)Nc2ccc3nc(NC(=O)c4ccccc4)sc3c2)C1=O. The zero-order valence-electron chi connectivity index (χ0n) is 18.1. The number of rotatable bonds is 5. The fourth-order valence-electron chi connectivity index (χ4n) is 3.68. The standard InChI is InChI=1S/C25H20N4O4S/c1-15-24(32)29(19-9-5-6-10-20(19)33-15)14-22(30)26-17-11-12-18-21(13-17)34-25(27-18)28-23(31)16-7-3-2-4-8-16/h2-13,15H,14H2,1H3,(H,26,30)(H,27,28,31). The number of thiazole rings is 1. The highest BCUT2D eigenvalue weighted by Gasteiger charge is 2.32. The van der Waals surface area contributed by atoms with Crippen LogP contribution in [0.5, 0.6) is 5.75 Å².